The summed E-state index contributed by atoms with van der Waals surface area (Å²) in [5.74, 6) is -0.00435. The third-order valence-corrected chi connectivity index (χ3v) is 4.37. The molecule has 0 fully saturated rings. The highest BCUT2D eigenvalue weighted by molar-refractivity contribution is 7.86. The molecule has 0 aliphatic rings. The van der Waals surface area contributed by atoms with E-state index < -0.39 is 22.2 Å². The Bertz CT molecular complexity index is 837. The van der Waals surface area contributed by atoms with Gasteiger partial charge in [0.05, 0.1) is 19.5 Å². The lowest BCUT2D eigenvalue weighted by Gasteiger charge is -2.15. The van der Waals surface area contributed by atoms with Crippen molar-refractivity contribution in [2.75, 3.05) is 19.5 Å². The molecule has 2 rings (SSSR count). The predicted molar refractivity (Wildman–Crippen MR) is 105 cm³/mol. The number of ether oxygens (including phenoxy) is 2. The zero-order chi connectivity index (χ0) is 20.4. The van der Waals surface area contributed by atoms with Crippen LogP contribution in [-0.4, -0.2) is 44.9 Å². The lowest BCUT2D eigenvalue weighted by molar-refractivity contribution is -0.151. The Morgan fingerprint density at radius 2 is 1.89 bits per heavy atom. The van der Waals surface area contributed by atoms with Crippen LogP contribution < -0.4 is 4.74 Å². The van der Waals surface area contributed by atoms with Gasteiger partial charge in [-0.1, -0.05) is 18.2 Å². The van der Waals surface area contributed by atoms with Gasteiger partial charge in [-0.15, -0.1) is 0 Å². The highest BCUT2D eigenvalue weighted by Crippen LogP contribution is 2.16. The van der Waals surface area contributed by atoms with Gasteiger partial charge < -0.3 is 9.47 Å². The molecular weight excluding hydrogens is 382 g/mol. The summed E-state index contributed by atoms with van der Waals surface area (Å²) in [7, 11) is -3.78. The maximum Gasteiger partial charge on any atom is 0.337 e. The minimum atomic E-state index is -3.78. The molecule has 0 bridgehead atoms. The average Bonchev–Trinajstić information content (AvgIpc) is 2.66. The summed E-state index contributed by atoms with van der Waals surface area (Å²) in [5.41, 5.74) is 1.90. The monoisotopic (exact) mass is 407 g/mol. The smallest absolute Gasteiger partial charge is 0.337 e. The first-order valence-corrected chi connectivity index (χ1v) is 10.8. The zero-order valence-corrected chi connectivity index (χ0v) is 16.9. The van der Waals surface area contributed by atoms with Crippen LogP contribution in [0.15, 0.2) is 48.8 Å². The number of carbonyl (C=O) groups excluding carboxylic acids is 1. The van der Waals surface area contributed by atoms with E-state index in [0.29, 0.717) is 12.4 Å². The number of hydrogen-bond donors (Lipinski definition) is 0. The Labute approximate surface area is 165 Å². The lowest BCUT2D eigenvalue weighted by Crippen LogP contribution is -2.31. The molecule has 0 saturated carbocycles. The van der Waals surface area contributed by atoms with E-state index in [2.05, 4.69) is 4.98 Å². The van der Waals surface area contributed by atoms with Crippen molar-refractivity contribution in [3.05, 3.63) is 59.9 Å². The van der Waals surface area contributed by atoms with Gasteiger partial charge in [0.15, 0.2) is 6.10 Å². The maximum absolute atomic E-state index is 11.9. The van der Waals surface area contributed by atoms with Crippen molar-refractivity contribution in [2.24, 2.45) is 0 Å². The van der Waals surface area contributed by atoms with Gasteiger partial charge in [-0.05, 0) is 49.1 Å². The van der Waals surface area contributed by atoms with Gasteiger partial charge in [0.1, 0.15) is 5.75 Å². The van der Waals surface area contributed by atoms with E-state index in [1.165, 1.54) is 0 Å². The largest absolute Gasteiger partial charge is 0.494 e. The van der Waals surface area contributed by atoms with Gasteiger partial charge in [0.2, 0.25) is 0 Å². The van der Waals surface area contributed by atoms with Crippen LogP contribution >= 0.6 is 0 Å². The molecule has 1 aromatic heterocycles. The van der Waals surface area contributed by atoms with E-state index >= 15 is 0 Å². The van der Waals surface area contributed by atoms with Gasteiger partial charge in [0, 0.05) is 18.8 Å². The summed E-state index contributed by atoms with van der Waals surface area (Å²) in [5, 5.41) is 0. The van der Waals surface area contributed by atoms with E-state index in [1.807, 2.05) is 18.3 Å². The molecule has 0 radical (unpaired) electrons. The third kappa shape index (κ3) is 8.06. The average molecular weight is 407 g/mol. The number of esters is 1. The zero-order valence-electron chi connectivity index (χ0n) is 16.0. The number of nitrogens with zero attached hydrogens (tertiary/aromatic N) is 1. The Hall–Kier alpha value is -2.45. The number of aryl methyl sites for hydroxylation is 1. The number of rotatable bonds is 11. The Kier molecular flexibility index (Phi) is 8.41. The SMILES string of the molecule is CCOC(=O)C(Cc1ccc(OCCCc2cccnc2)cc1)OS(C)(=O)=O. The molecule has 0 saturated heterocycles. The number of aromatic nitrogens is 1. The topological polar surface area (TPSA) is 91.8 Å². The van der Waals surface area contributed by atoms with Crippen molar-refractivity contribution >= 4 is 16.1 Å². The van der Waals surface area contributed by atoms with Crippen molar-refractivity contribution in [1.29, 1.82) is 0 Å². The first-order chi connectivity index (χ1) is 13.4. The molecule has 8 heteroatoms. The number of pyridine rings is 1. The molecule has 0 amide bonds. The van der Waals surface area contributed by atoms with Crippen molar-refractivity contribution in [2.45, 2.75) is 32.3 Å². The third-order valence-electron chi connectivity index (χ3n) is 3.79. The van der Waals surface area contributed by atoms with Crippen LogP contribution in [0.1, 0.15) is 24.5 Å². The highest BCUT2D eigenvalue weighted by atomic mass is 32.2. The van der Waals surface area contributed by atoms with Crippen LogP contribution in [0.25, 0.3) is 0 Å². The fourth-order valence-corrected chi connectivity index (χ4v) is 3.12. The van der Waals surface area contributed by atoms with Gasteiger partial charge in [0.25, 0.3) is 10.1 Å². The molecule has 0 N–H and O–H groups in total. The lowest BCUT2D eigenvalue weighted by atomic mass is 10.1. The normalized spacial score (nSPS) is 12.4. The molecule has 7 nitrogen and oxygen atoms in total. The minimum absolute atomic E-state index is 0.0905. The van der Waals surface area contributed by atoms with E-state index in [9.17, 15) is 13.2 Å². The first-order valence-electron chi connectivity index (χ1n) is 9.03. The van der Waals surface area contributed by atoms with Gasteiger partial charge in [-0.2, -0.15) is 8.42 Å². The molecule has 0 spiro atoms. The highest BCUT2D eigenvalue weighted by Gasteiger charge is 2.25. The quantitative estimate of drug-likeness (QED) is 0.321. The van der Waals surface area contributed by atoms with Crippen LogP contribution in [0.4, 0.5) is 0 Å². The van der Waals surface area contributed by atoms with Crippen molar-refractivity contribution < 1.29 is 26.9 Å². The van der Waals surface area contributed by atoms with Gasteiger partial charge in [-0.3, -0.25) is 9.17 Å². The minimum Gasteiger partial charge on any atom is -0.494 e. The van der Waals surface area contributed by atoms with Gasteiger partial charge in [-0.25, -0.2) is 4.79 Å². The molecule has 1 unspecified atom stereocenters. The summed E-state index contributed by atoms with van der Waals surface area (Å²) >= 11 is 0. The summed E-state index contributed by atoms with van der Waals surface area (Å²) in [4.78, 5) is 16.0. The Morgan fingerprint density at radius 1 is 1.14 bits per heavy atom. The molecule has 0 aliphatic carbocycles. The van der Waals surface area contributed by atoms with E-state index in [0.717, 1.165) is 30.2 Å². The summed E-state index contributed by atoms with van der Waals surface area (Å²) in [6.07, 6.45) is 5.12. The molecule has 152 valence electrons. The molecule has 28 heavy (non-hydrogen) atoms. The van der Waals surface area contributed by atoms with Crippen LogP contribution in [0, 0.1) is 0 Å². The second-order valence-electron chi connectivity index (χ2n) is 6.20. The standard InChI is InChI=1S/C20H25NO6S/c1-3-25-20(22)19(27-28(2,23)24)14-16-8-10-18(11-9-16)26-13-5-7-17-6-4-12-21-15-17/h4,6,8-12,15,19H,3,5,7,13-14H2,1-2H3. The fourth-order valence-electron chi connectivity index (χ4n) is 2.55. The van der Waals surface area contributed by atoms with E-state index in [4.69, 9.17) is 13.7 Å². The fraction of sp³-hybridized carbons (Fsp3) is 0.400. The van der Waals surface area contributed by atoms with Crippen molar-refractivity contribution in [3.8, 4) is 5.75 Å². The summed E-state index contributed by atoms with van der Waals surface area (Å²) in [6.45, 7) is 2.36. The van der Waals surface area contributed by atoms with E-state index in [1.54, 1.807) is 37.4 Å². The molecular formula is C20H25NO6S. The summed E-state index contributed by atoms with van der Waals surface area (Å²) in [6, 6.07) is 11.0. The summed E-state index contributed by atoms with van der Waals surface area (Å²) < 4.78 is 38.3. The number of benzene rings is 1. The molecule has 1 aromatic carbocycles. The van der Waals surface area contributed by atoms with Crippen LogP contribution in [0.5, 0.6) is 5.75 Å². The van der Waals surface area contributed by atoms with Gasteiger partial charge >= 0.3 is 5.97 Å². The number of hydrogen-bond acceptors (Lipinski definition) is 7. The molecule has 1 atom stereocenters. The van der Waals surface area contributed by atoms with Crippen LogP contribution in [0.3, 0.4) is 0 Å². The maximum atomic E-state index is 11.9. The van der Waals surface area contributed by atoms with Crippen molar-refractivity contribution in [1.82, 2.24) is 4.98 Å². The number of carbonyl (C=O) groups is 1. The van der Waals surface area contributed by atoms with Crippen LogP contribution in [0.2, 0.25) is 0 Å². The second-order valence-corrected chi connectivity index (χ2v) is 7.80. The predicted octanol–water partition coefficient (Wildman–Crippen LogP) is 2.54. The molecule has 0 aliphatic heterocycles. The Morgan fingerprint density at radius 3 is 2.50 bits per heavy atom. The molecule has 1 heterocycles. The van der Waals surface area contributed by atoms with Crippen molar-refractivity contribution in [3.63, 3.8) is 0 Å². The van der Waals surface area contributed by atoms with E-state index in [-0.39, 0.29) is 13.0 Å². The Balaban J connectivity index is 1.86. The second kappa shape index (κ2) is 10.8. The molecule has 2 aromatic rings. The van der Waals surface area contributed by atoms with Crippen LogP contribution in [-0.2, 0) is 36.7 Å². The first kappa shape index (κ1) is 21.8.